The summed E-state index contributed by atoms with van der Waals surface area (Å²) in [5.74, 6) is 0.223. The number of rotatable bonds is 4. The summed E-state index contributed by atoms with van der Waals surface area (Å²) in [6.45, 7) is 2.52. The zero-order chi connectivity index (χ0) is 13.1. The van der Waals surface area contributed by atoms with Crippen molar-refractivity contribution in [1.82, 2.24) is 9.97 Å². The molecule has 1 aromatic heterocycles. The van der Waals surface area contributed by atoms with Crippen molar-refractivity contribution in [2.75, 3.05) is 13.2 Å². The van der Waals surface area contributed by atoms with Crippen LogP contribution >= 0.6 is 11.6 Å². The fourth-order valence-corrected chi connectivity index (χ4v) is 1.98. The van der Waals surface area contributed by atoms with E-state index in [0.717, 1.165) is 12.8 Å². The van der Waals surface area contributed by atoms with Crippen LogP contribution in [0.4, 0.5) is 5.69 Å². The molecular formula is C10H12ClN3O4. The van der Waals surface area contributed by atoms with Gasteiger partial charge in [0.25, 0.3) is 5.88 Å². The number of nitrogens with zero attached hydrogens (tertiary/aromatic N) is 3. The number of aromatic nitrogens is 2. The van der Waals surface area contributed by atoms with E-state index in [1.165, 1.54) is 0 Å². The van der Waals surface area contributed by atoms with Crippen LogP contribution in [0.1, 0.15) is 18.7 Å². The summed E-state index contributed by atoms with van der Waals surface area (Å²) in [4.78, 5) is 17.9. The Morgan fingerprint density at radius 1 is 1.61 bits per heavy atom. The highest BCUT2D eigenvalue weighted by Gasteiger charge is 2.26. The topological polar surface area (TPSA) is 87.4 Å². The Hall–Kier alpha value is -1.47. The first kappa shape index (κ1) is 13.0. The fourth-order valence-electron chi connectivity index (χ4n) is 1.71. The van der Waals surface area contributed by atoms with Crippen molar-refractivity contribution in [3.8, 4) is 5.88 Å². The number of aryl methyl sites for hydroxylation is 1. The second-order valence-corrected chi connectivity index (χ2v) is 4.28. The Balaban J connectivity index is 2.16. The van der Waals surface area contributed by atoms with E-state index in [9.17, 15) is 10.1 Å². The maximum atomic E-state index is 10.9. The minimum atomic E-state index is -0.646. The zero-order valence-electron chi connectivity index (χ0n) is 9.76. The van der Waals surface area contributed by atoms with Crippen molar-refractivity contribution in [1.29, 1.82) is 0 Å². The van der Waals surface area contributed by atoms with Gasteiger partial charge in [-0.15, -0.1) is 0 Å². The van der Waals surface area contributed by atoms with E-state index in [1.54, 1.807) is 6.92 Å². The fraction of sp³-hybridized carbons (Fsp3) is 0.600. The SMILES string of the molecule is Cc1nc(Cl)c([N+](=O)[O-])c(OCC2CCCO2)n1. The van der Waals surface area contributed by atoms with Crippen molar-refractivity contribution in [3.05, 3.63) is 21.1 Å². The van der Waals surface area contributed by atoms with E-state index < -0.39 is 10.6 Å². The molecule has 1 aliphatic heterocycles. The van der Waals surface area contributed by atoms with E-state index in [1.807, 2.05) is 0 Å². The standard InChI is InChI=1S/C10H12ClN3O4/c1-6-12-9(11)8(14(15)16)10(13-6)18-5-7-3-2-4-17-7/h7H,2-5H2,1H3. The Labute approximate surface area is 108 Å². The Kier molecular flexibility index (Phi) is 3.93. The van der Waals surface area contributed by atoms with E-state index >= 15 is 0 Å². The summed E-state index contributed by atoms with van der Waals surface area (Å²) < 4.78 is 10.7. The summed E-state index contributed by atoms with van der Waals surface area (Å²) in [6, 6.07) is 0. The number of halogens is 1. The lowest BCUT2D eigenvalue weighted by atomic mass is 10.2. The number of hydrogen-bond acceptors (Lipinski definition) is 6. The van der Waals surface area contributed by atoms with Gasteiger partial charge in [-0.25, -0.2) is 4.98 Å². The van der Waals surface area contributed by atoms with Crippen molar-refractivity contribution in [2.45, 2.75) is 25.9 Å². The average Bonchev–Trinajstić information content (AvgIpc) is 2.77. The molecule has 0 N–H and O–H groups in total. The van der Waals surface area contributed by atoms with Gasteiger partial charge in [-0.1, -0.05) is 11.6 Å². The predicted octanol–water partition coefficient (Wildman–Crippen LogP) is 1.90. The molecule has 0 radical (unpaired) electrons. The van der Waals surface area contributed by atoms with Gasteiger partial charge in [0.2, 0.25) is 5.15 Å². The van der Waals surface area contributed by atoms with E-state index in [2.05, 4.69) is 9.97 Å². The summed E-state index contributed by atoms with van der Waals surface area (Å²) >= 11 is 5.72. The number of nitro groups is 1. The molecule has 1 aliphatic rings. The van der Waals surface area contributed by atoms with Crippen LogP contribution in [0, 0.1) is 17.0 Å². The van der Waals surface area contributed by atoms with Gasteiger partial charge >= 0.3 is 5.69 Å². The monoisotopic (exact) mass is 273 g/mol. The van der Waals surface area contributed by atoms with Gasteiger partial charge in [0.1, 0.15) is 12.4 Å². The van der Waals surface area contributed by atoms with Crippen LogP contribution in [-0.2, 0) is 4.74 Å². The summed E-state index contributed by atoms with van der Waals surface area (Å²) in [6.07, 6.45) is 1.81. The molecule has 0 amide bonds. The summed E-state index contributed by atoms with van der Waals surface area (Å²) in [5, 5.41) is 10.7. The lowest BCUT2D eigenvalue weighted by Crippen LogP contribution is -2.17. The molecule has 7 nitrogen and oxygen atoms in total. The highest BCUT2D eigenvalue weighted by molar-refractivity contribution is 6.31. The predicted molar refractivity (Wildman–Crippen MR) is 62.9 cm³/mol. The first-order valence-corrected chi connectivity index (χ1v) is 5.88. The van der Waals surface area contributed by atoms with Crippen LogP contribution < -0.4 is 4.74 Å². The second kappa shape index (κ2) is 5.45. The van der Waals surface area contributed by atoms with Crippen LogP contribution in [0.25, 0.3) is 0 Å². The van der Waals surface area contributed by atoms with Crippen molar-refractivity contribution in [2.24, 2.45) is 0 Å². The van der Waals surface area contributed by atoms with Gasteiger partial charge in [-0.05, 0) is 19.8 Å². The third-order valence-electron chi connectivity index (χ3n) is 2.53. The first-order chi connectivity index (χ1) is 8.58. The van der Waals surface area contributed by atoms with Gasteiger partial charge in [0.05, 0.1) is 11.0 Å². The summed E-state index contributed by atoms with van der Waals surface area (Å²) in [7, 11) is 0. The molecule has 1 saturated heterocycles. The Bertz CT molecular complexity index is 463. The number of hydrogen-bond donors (Lipinski definition) is 0. The lowest BCUT2D eigenvalue weighted by Gasteiger charge is -2.11. The summed E-state index contributed by atoms with van der Waals surface area (Å²) in [5.41, 5.74) is -0.403. The van der Waals surface area contributed by atoms with Gasteiger partial charge in [0, 0.05) is 6.61 Å². The van der Waals surface area contributed by atoms with Crippen molar-refractivity contribution < 1.29 is 14.4 Å². The molecule has 2 rings (SSSR count). The molecule has 2 heterocycles. The molecule has 98 valence electrons. The first-order valence-electron chi connectivity index (χ1n) is 5.51. The second-order valence-electron chi connectivity index (χ2n) is 3.92. The van der Waals surface area contributed by atoms with Gasteiger partial charge in [0.15, 0.2) is 0 Å². The Morgan fingerprint density at radius 3 is 3.00 bits per heavy atom. The molecule has 1 unspecified atom stereocenters. The molecule has 0 aliphatic carbocycles. The normalized spacial score (nSPS) is 18.9. The quantitative estimate of drug-likeness (QED) is 0.473. The van der Waals surface area contributed by atoms with Crippen LogP contribution in [0.2, 0.25) is 5.15 Å². The van der Waals surface area contributed by atoms with E-state index in [0.29, 0.717) is 12.4 Å². The molecule has 1 fully saturated rings. The van der Waals surface area contributed by atoms with Gasteiger partial charge in [-0.3, -0.25) is 10.1 Å². The van der Waals surface area contributed by atoms with Crippen LogP contribution in [0.3, 0.4) is 0 Å². The molecule has 0 bridgehead atoms. The molecule has 0 saturated carbocycles. The van der Waals surface area contributed by atoms with Crippen LogP contribution in [0.15, 0.2) is 0 Å². The van der Waals surface area contributed by atoms with E-state index in [4.69, 9.17) is 21.1 Å². The van der Waals surface area contributed by atoms with Gasteiger partial charge < -0.3 is 9.47 Å². The maximum absolute atomic E-state index is 10.9. The lowest BCUT2D eigenvalue weighted by molar-refractivity contribution is -0.386. The smallest absolute Gasteiger partial charge is 0.367 e. The van der Waals surface area contributed by atoms with Gasteiger partial charge in [-0.2, -0.15) is 4.98 Å². The number of ether oxygens (including phenoxy) is 2. The Morgan fingerprint density at radius 2 is 2.39 bits per heavy atom. The largest absolute Gasteiger partial charge is 0.470 e. The van der Waals surface area contributed by atoms with Crippen LogP contribution in [-0.4, -0.2) is 34.2 Å². The third-order valence-corrected chi connectivity index (χ3v) is 2.80. The highest BCUT2D eigenvalue weighted by atomic mass is 35.5. The van der Waals surface area contributed by atoms with Crippen molar-refractivity contribution in [3.63, 3.8) is 0 Å². The third kappa shape index (κ3) is 2.85. The zero-order valence-corrected chi connectivity index (χ0v) is 10.5. The molecular weight excluding hydrogens is 262 g/mol. The molecule has 0 aromatic carbocycles. The minimum Gasteiger partial charge on any atom is -0.470 e. The highest BCUT2D eigenvalue weighted by Crippen LogP contribution is 2.31. The average molecular weight is 274 g/mol. The molecule has 1 aromatic rings. The minimum absolute atomic E-state index is 0.0429. The van der Waals surface area contributed by atoms with Crippen LogP contribution in [0.5, 0.6) is 5.88 Å². The van der Waals surface area contributed by atoms with E-state index in [-0.39, 0.29) is 23.7 Å². The van der Waals surface area contributed by atoms with Crippen molar-refractivity contribution >= 4 is 17.3 Å². The molecule has 1 atom stereocenters. The maximum Gasteiger partial charge on any atom is 0.367 e. The molecule has 0 spiro atoms. The molecule has 8 heteroatoms. The molecule has 18 heavy (non-hydrogen) atoms.